The van der Waals surface area contributed by atoms with Crippen LogP contribution in [0.4, 0.5) is 5.69 Å². The molecular weight excluding hydrogens is 418 g/mol. The van der Waals surface area contributed by atoms with Crippen LogP contribution in [0.3, 0.4) is 0 Å². The Kier molecular flexibility index (Phi) is 6.52. The maximum absolute atomic E-state index is 13.1. The zero-order valence-electron chi connectivity index (χ0n) is 18.1. The van der Waals surface area contributed by atoms with Crippen LogP contribution in [-0.4, -0.2) is 68.8 Å². The van der Waals surface area contributed by atoms with Crippen LogP contribution < -0.4 is 9.64 Å². The van der Waals surface area contributed by atoms with Gasteiger partial charge in [-0.3, -0.25) is 14.5 Å². The van der Waals surface area contributed by atoms with E-state index in [1.165, 1.54) is 21.3 Å². The van der Waals surface area contributed by atoms with Gasteiger partial charge in [-0.25, -0.2) is 8.42 Å². The summed E-state index contributed by atoms with van der Waals surface area (Å²) in [6, 6.07) is 4.59. The summed E-state index contributed by atoms with van der Waals surface area (Å²) in [6.07, 6.45) is 5.75. The van der Waals surface area contributed by atoms with E-state index < -0.39 is 10.0 Å². The molecule has 1 aromatic rings. The van der Waals surface area contributed by atoms with Crippen LogP contribution in [0.2, 0.25) is 0 Å². The number of nitrogens with zero attached hydrogens (tertiary/aromatic N) is 3. The molecular formula is C22H31N3O5S. The van der Waals surface area contributed by atoms with Crippen molar-refractivity contribution in [3.8, 4) is 5.75 Å². The van der Waals surface area contributed by atoms with Crippen LogP contribution in [0.1, 0.15) is 45.4 Å². The number of carbonyl (C=O) groups is 2. The summed E-state index contributed by atoms with van der Waals surface area (Å²) in [5.41, 5.74) is 0.449. The highest BCUT2D eigenvalue weighted by Crippen LogP contribution is 2.35. The molecule has 9 heteroatoms. The van der Waals surface area contributed by atoms with Crippen molar-refractivity contribution >= 4 is 27.5 Å². The first kappa shape index (κ1) is 22.1. The summed E-state index contributed by atoms with van der Waals surface area (Å²) in [5, 5.41) is 0. The first-order valence-electron chi connectivity index (χ1n) is 11.2. The average molecular weight is 450 g/mol. The molecule has 0 saturated carbocycles. The maximum atomic E-state index is 13.1. The summed E-state index contributed by atoms with van der Waals surface area (Å²) in [6.45, 7) is 4.38. The van der Waals surface area contributed by atoms with E-state index >= 15 is 0 Å². The molecule has 0 bridgehead atoms. The Morgan fingerprint density at radius 3 is 2.42 bits per heavy atom. The molecule has 0 spiro atoms. The molecule has 2 saturated heterocycles. The topological polar surface area (TPSA) is 87.2 Å². The molecule has 31 heavy (non-hydrogen) atoms. The minimum Gasteiger partial charge on any atom is -0.482 e. The number of piperidine rings is 1. The predicted octanol–water partition coefficient (Wildman–Crippen LogP) is 2.24. The summed E-state index contributed by atoms with van der Waals surface area (Å²) < 4.78 is 33.3. The van der Waals surface area contributed by atoms with Crippen molar-refractivity contribution in [2.75, 3.05) is 44.2 Å². The molecule has 170 valence electrons. The van der Waals surface area contributed by atoms with Gasteiger partial charge in [0.25, 0.3) is 5.91 Å². The quantitative estimate of drug-likeness (QED) is 0.704. The third kappa shape index (κ3) is 4.72. The van der Waals surface area contributed by atoms with E-state index in [-0.39, 0.29) is 29.9 Å². The summed E-state index contributed by atoms with van der Waals surface area (Å²) in [4.78, 5) is 28.7. The average Bonchev–Trinajstić information content (AvgIpc) is 3.06. The third-order valence-corrected chi connectivity index (χ3v) is 8.40. The Bertz CT molecular complexity index is 932. The van der Waals surface area contributed by atoms with Gasteiger partial charge in [-0.15, -0.1) is 0 Å². The van der Waals surface area contributed by atoms with Gasteiger partial charge in [0.2, 0.25) is 15.9 Å². The number of likely N-dealkylation sites (tertiary alicyclic amines) is 1. The van der Waals surface area contributed by atoms with Crippen molar-refractivity contribution < 1.29 is 22.7 Å². The summed E-state index contributed by atoms with van der Waals surface area (Å²) in [7, 11) is -3.62. The van der Waals surface area contributed by atoms with Crippen molar-refractivity contribution in [2.45, 2.75) is 50.3 Å². The molecule has 8 nitrogen and oxygen atoms in total. The van der Waals surface area contributed by atoms with Gasteiger partial charge >= 0.3 is 0 Å². The van der Waals surface area contributed by atoms with Crippen LogP contribution in [-0.2, 0) is 19.6 Å². The number of amides is 2. The summed E-state index contributed by atoms with van der Waals surface area (Å²) in [5.74, 6) is 0.554. The molecule has 3 aliphatic rings. The number of rotatable bonds is 4. The smallest absolute Gasteiger partial charge is 0.265 e. The molecule has 3 heterocycles. The van der Waals surface area contributed by atoms with Crippen molar-refractivity contribution in [3.05, 3.63) is 18.2 Å². The highest BCUT2D eigenvalue weighted by Gasteiger charge is 2.32. The Hall–Kier alpha value is -2.13. The van der Waals surface area contributed by atoms with E-state index in [2.05, 4.69) is 6.92 Å². The lowest BCUT2D eigenvalue weighted by Crippen LogP contribution is -2.48. The van der Waals surface area contributed by atoms with Crippen molar-refractivity contribution in [1.29, 1.82) is 0 Å². The van der Waals surface area contributed by atoms with Crippen molar-refractivity contribution in [2.24, 2.45) is 5.92 Å². The van der Waals surface area contributed by atoms with E-state index in [4.69, 9.17) is 4.74 Å². The third-order valence-electron chi connectivity index (χ3n) is 6.51. The van der Waals surface area contributed by atoms with E-state index in [9.17, 15) is 18.0 Å². The first-order chi connectivity index (χ1) is 14.9. The van der Waals surface area contributed by atoms with Gasteiger partial charge in [-0.1, -0.05) is 19.8 Å². The lowest BCUT2D eigenvalue weighted by atomic mass is 9.99. The maximum Gasteiger partial charge on any atom is 0.265 e. The van der Waals surface area contributed by atoms with Gasteiger partial charge < -0.3 is 9.64 Å². The lowest BCUT2D eigenvalue weighted by molar-refractivity contribution is -0.133. The van der Waals surface area contributed by atoms with Crippen LogP contribution >= 0.6 is 0 Å². The highest BCUT2D eigenvalue weighted by molar-refractivity contribution is 7.89. The molecule has 0 radical (unpaired) electrons. The second-order valence-corrected chi connectivity index (χ2v) is 10.7. The predicted molar refractivity (Wildman–Crippen MR) is 116 cm³/mol. The van der Waals surface area contributed by atoms with Gasteiger partial charge in [0.05, 0.1) is 10.6 Å². The Morgan fingerprint density at radius 1 is 1.06 bits per heavy atom. The van der Waals surface area contributed by atoms with Gasteiger partial charge in [0.1, 0.15) is 12.3 Å². The Labute approximate surface area is 184 Å². The highest BCUT2D eigenvalue weighted by atomic mass is 32.2. The molecule has 3 aliphatic heterocycles. The van der Waals surface area contributed by atoms with Gasteiger partial charge in [0.15, 0.2) is 6.61 Å². The van der Waals surface area contributed by atoms with Crippen molar-refractivity contribution in [3.63, 3.8) is 0 Å². The molecule has 0 unspecified atom stereocenters. The fraction of sp³-hybridized carbons (Fsp3) is 0.636. The molecule has 4 rings (SSSR count). The van der Waals surface area contributed by atoms with Crippen molar-refractivity contribution in [1.82, 2.24) is 9.21 Å². The fourth-order valence-corrected chi connectivity index (χ4v) is 5.98. The van der Waals surface area contributed by atoms with E-state index in [1.54, 1.807) is 11.0 Å². The number of benzene rings is 1. The lowest BCUT2D eigenvalue weighted by Gasteiger charge is -2.34. The second-order valence-electron chi connectivity index (χ2n) is 8.78. The molecule has 2 fully saturated rings. The largest absolute Gasteiger partial charge is 0.482 e. The standard InChI is InChI=1S/C22H31N3O5S/c1-17-8-12-23(13-9-17)21(26)15-25-19-7-6-18(14-20(19)30-16-22(25)27)31(28,29)24-10-4-2-3-5-11-24/h6-7,14,17H,2-5,8-13,15-16H2,1H3. The fourth-order valence-electron chi connectivity index (χ4n) is 4.44. The molecule has 0 aliphatic carbocycles. The Morgan fingerprint density at radius 2 is 1.74 bits per heavy atom. The number of anilines is 1. The number of hydrogen-bond acceptors (Lipinski definition) is 5. The SMILES string of the molecule is CC1CCN(C(=O)CN2C(=O)COc3cc(S(=O)(=O)N4CCCCCC4)ccc32)CC1. The number of hydrogen-bond donors (Lipinski definition) is 0. The van der Waals surface area contributed by atoms with Crippen LogP contribution in [0.15, 0.2) is 23.1 Å². The summed E-state index contributed by atoms with van der Waals surface area (Å²) >= 11 is 0. The van der Waals surface area contributed by atoms with E-state index in [1.807, 2.05) is 0 Å². The number of carbonyl (C=O) groups excluding carboxylic acids is 2. The zero-order valence-corrected chi connectivity index (χ0v) is 18.9. The minimum atomic E-state index is -3.62. The van der Waals surface area contributed by atoms with Gasteiger partial charge in [-0.2, -0.15) is 4.31 Å². The van der Waals surface area contributed by atoms with Crippen LogP contribution in [0.5, 0.6) is 5.75 Å². The first-order valence-corrected chi connectivity index (χ1v) is 12.7. The van der Waals surface area contributed by atoms with E-state index in [0.29, 0.717) is 43.5 Å². The molecule has 0 N–H and O–H groups in total. The number of ether oxygens (including phenoxy) is 1. The van der Waals surface area contributed by atoms with E-state index in [0.717, 1.165) is 38.5 Å². The molecule has 0 atom stereocenters. The van der Waals surface area contributed by atoms with Gasteiger partial charge in [-0.05, 0) is 43.7 Å². The normalized spacial score (nSPS) is 21.4. The number of fused-ring (bicyclic) bond motifs is 1. The minimum absolute atomic E-state index is 0.0538. The van der Waals surface area contributed by atoms with Crippen LogP contribution in [0.25, 0.3) is 0 Å². The molecule has 1 aromatic carbocycles. The monoisotopic (exact) mass is 449 g/mol. The zero-order chi connectivity index (χ0) is 22.0. The Balaban J connectivity index is 1.53. The molecule has 2 amide bonds. The molecule has 0 aromatic heterocycles. The second kappa shape index (κ2) is 9.16. The number of sulfonamides is 1. The van der Waals surface area contributed by atoms with Gasteiger partial charge in [0, 0.05) is 32.2 Å². The van der Waals surface area contributed by atoms with Crippen LogP contribution in [0, 0.1) is 5.92 Å².